The summed E-state index contributed by atoms with van der Waals surface area (Å²) in [5.74, 6) is 1.23. The van der Waals surface area contributed by atoms with Gasteiger partial charge in [-0.3, -0.25) is 4.90 Å². The molecule has 0 saturated carbocycles. The second-order valence-electron chi connectivity index (χ2n) is 3.16. The number of hydrogen-bond donors (Lipinski definition) is 0. The Balaban J connectivity index is 3.85. The van der Waals surface area contributed by atoms with Crippen LogP contribution in [0.3, 0.4) is 0 Å². The first kappa shape index (κ1) is 12.8. The minimum atomic E-state index is 0.628. The van der Waals surface area contributed by atoms with Gasteiger partial charge in [-0.05, 0) is 25.4 Å². The molecule has 0 aromatic carbocycles. The summed E-state index contributed by atoms with van der Waals surface area (Å²) in [6.45, 7) is 11.7. The van der Waals surface area contributed by atoms with Gasteiger partial charge in [-0.2, -0.15) is 11.8 Å². The Bertz CT molecular complexity index is 135. The van der Waals surface area contributed by atoms with Crippen molar-refractivity contribution >= 4 is 11.8 Å². The number of hydrogen-bond acceptors (Lipinski definition) is 2. The second-order valence-corrected chi connectivity index (χ2v) is 4.15. The maximum atomic E-state index is 3.76. The molecule has 0 aromatic rings. The van der Waals surface area contributed by atoms with Gasteiger partial charge in [0.25, 0.3) is 0 Å². The van der Waals surface area contributed by atoms with Crippen LogP contribution in [0.15, 0.2) is 25.3 Å². The van der Waals surface area contributed by atoms with E-state index in [1.165, 1.54) is 12.2 Å². The number of rotatable bonds is 8. The van der Waals surface area contributed by atoms with Crippen LogP contribution in [0.1, 0.15) is 13.3 Å². The van der Waals surface area contributed by atoms with E-state index in [1.807, 2.05) is 23.9 Å². The third-order valence-corrected chi connectivity index (χ3v) is 2.73. The van der Waals surface area contributed by atoms with Crippen molar-refractivity contribution in [2.45, 2.75) is 19.4 Å². The van der Waals surface area contributed by atoms with Crippen molar-refractivity contribution in [3.05, 3.63) is 25.3 Å². The van der Waals surface area contributed by atoms with Crippen molar-refractivity contribution in [3.8, 4) is 0 Å². The molecule has 0 rings (SSSR count). The van der Waals surface area contributed by atoms with E-state index in [-0.39, 0.29) is 0 Å². The fourth-order valence-corrected chi connectivity index (χ4v) is 1.81. The first-order chi connectivity index (χ1) is 6.26. The molecule has 2 heteroatoms. The van der Waals surface area contributed by atoms with E-state index < -0.39 is 0 Å². The molecule has 0 aliphatic rings. The lowest BCUT2D eigenvalue weighted by Gasteiger charge is -2.26. The topological polar surface area (TPSA) is 3.24 Å². The average molecular weight is 199 g/mol. The van der Waals surface area contributed by atoms with Crippen LogP contribution in [0.2, 0.25) is 0 Å². The Morgan fingerprint density at radius 2 is 1.85 bits per heavy atom. The Morgan fingerprint density at radius 1 is 1.31 bits per heavy atom. The maximum absolute atomic E-state index is 3.76. The Morgan fingerprint density at radius 3 is 2.23 bits per heavy atom. The molecule has 0 N–H and O–H groups in total. The zero-order chi connectivity index (χ0) is 10.1. The SMILES string of the molecule is C=CCN(CC=C)C(C)CCSC. The van der Waals surface area contributed by atoms with Gasteiger partial charge in [-0.15, -0.1) is 13.2 Å². The number of nitrogens with zero attached hydrogens (tertiary/aromatic N) is 1. The van der Waals surface area contributed by atoms with Gasteiger partial charge in [0, 0.05) is 19.1 Å². The van der Waals surface area contributed by atoms with Crippen LogP contribution in [-0.2, 0) is 0 Å². The molecule has 13 heavy (non-hydrogen) atoms. The molecular formula is C11H21NS. The normalized spacial score (nSPS) is 12.8. The standard InChI is InChI=1S/C11H21NS/c1-5-8-12(9-6-2)11(3)7-10-13-4/h5-6,11H,1-2,7-10H2,3-4H3. The molecule has 0 radical (unpaired) electrons. The Hall–Kier alpha value is -0.210. The van der Waals surface area contributed by atoms with E-state index >= 15 is 0 Å². The minimum Gasteiger partial charge on any atom is -0.293 e. The molecule has 0 aliphatic carbocycles. The molecule has 1 nitrogen and oxygen atoms in total. The lowest BCUT2D eigenvalue weighted by Crippen LogP contribution is -2.33. The van der Waals surface area contributed by atoms with Crippen LogP contribution < -0.4 is 0 Å². The summed E-state index contributed by atoms with van der Waals surface area (Å²) in [4.78, 5) is 2.39. The van der Waals surface area contributed by atoms with Gasteiger partial charge >= 0.3 is 0 Å². The van der Waals surface area contributed by atoms with Crippen molar-refractivity contribution in [3.63, 3.8) is 0 Å². The van der Waals surface area contributed by atoms with E-state index in [1.54, 1.807) is 0 Å². The van der Waals surface area contributed by atoms with Crippen molar-refractivity contribution in [1.29, 1.82) is 0 Å². The summed E-state index contributed by atoms with van der Waals surface area (Å²) >= 11 is 1.91. The van der Waals surface area contributed by atoms with Crippen LogP contribution in [-0.4, -0.2) is 36.0 Å². The summed E-state index contributed by atoms with van der Waals surface area (Å²) in [6.07, 6.45) is 7.30. The molecule has 76 valence electrons. The predicted molar refractivity (Wildman–Crippen MR) is 64.4 cm³/mol. The van der Waals surface area contributed by atoms with E-state index in [0.29, 0.717) is 6.04 Å². The fourth-order valence-electron chi connectivity index (χ4n) is 1.24. The monoisotopic (exact) mass is 199 g/mol. The molecule has 0 fully saturated rings. The van der Waals surface area contributed by atoms with E-state index in [4.69, 9.17) is 0 Å². The smallest absolute Gasteiger partial charge is 0.0166 e. The molecule has 0 aromatic heterocycles. The van der Waals surface area contributed by atoms with Crippen LogP contribution >= 0.6 is 11.8 Å². The molecule has 0 amide bonds. The van der Waals surface area contributed by atoms with Crippen molar-refractivity contribution in [1.82, 2.24) is 4.90 Å². The van der Waals surface area contributed by atoms with Crippen molar-refractivity contribution < 1.29 is 0 Å². The van der Waals surface area contributed by atoms with Crippen molar-refractivity contribution in [2.24, 2.45) is 0 Å². The lowest BCUT2D eigenvalue weighted by atomic mass is 10.2. The summed E-state index contributed by atoms with van der Waals surface area (Å²) in [7, 11) is 0. The first-order valence-corrected chi connectivity index (χ1v) is 6.10. The third kappa shape index (κ3) is 5.94. The van der Waals surface area contributed by atoms with Gasteiger partial charge < -0.3 is 0 Å². The van der Waals surface area contributed by atoms with Crippen LogP contribution in [0, 0.1) is 0 Å². The summed E-state index contributed by atoms with van der Waals surface area (Å²) in [5.41, 5.74) is 0. The van der Waals surface area contributed by atoms with Gasteiger partial charge in [0.2, 0.25) is 0 Å². The molecule has 0 spiro atoms. The molecule has 0 heterocycles. The van der Waals surface area contributed by atoms with Gasteiger partial charge in [0.1, 0.15) is 0 Å². The van der Waals surface area contributed by atoms with E-state index in [0.717, 1.165) is 13.1 Å². The minimum absolute atomic E-state index is 0.628. The van der Waals surface area contributed by atoms with Crippen molar-refractivity contribution in [2.75, 3.05) is 25.1 Å². The van der Waals surface area contributed by atoms with E-state index in [9.17, 15) is 0 Å². The lowest BCUT2D eigenvalue weighted by molar-refractivity contribution is 0.252. The highest BCUT2D eigenvalue weighted by molar-refractivity contribution is 7.98. The van der Waals surface area contributed by atoms with Gasteiger partial charge in [0.05, 0.1) is 0 Å². The quantitative estimate of drug-likeness (QED) is 0.553. The summed E-state index contributed by atoms with van der Waals surface area (Å²) in [5, 5.41) is 0. The molecule has 1 atom stereocenters. The third-order valence-electron chi connectivity index (χ3n) is 2.09. The zero-order valence-corrected chi connectivity index (χ0v) is 9.65. The highest BCUT2D eigenvalue weighted by Gasteiger charge is 2.09. The van der Waals surface area contributed by atoms with Crippen LogP contribution in [0.5, 0.6) is 0 Å². The van der Waals surface area contributed by atoms with Crippen LogP contribution in [0.25, 0.3) is 0 Å². The highest BCUT2D eigenvalue weighted by atomic mass is 32.2. The highest BCUT2D eigenvalue weighted by Crippen LogP contribution is 2.07. The second kappa shape index (κ2) is 8.39. The predicted octanol–water partition coefficient (Wildman–Crippen LogP) is 2.80. The summed E-state index contributed by atoms with van der Waals surface area (Å²) in [6, 6.07) is 0.628. The average Bonchev–Trinajstić information content (AvgIpc) is 2.14. The molecule has 0 bridgehead atoms. The maximum Gasteiger partial charge on any atom is 0.0166 e. The van der Waals surface area contributed by atoms with E-state index in [2.05, 4.69) is 31.2 Å². The number of thioether (sulfide) groups is 1. The van der Waals surface area contributed by atoms with Crippen LogP contribution in [0.4, 0.5) is 0 Å². The summed E-state index contributed by atoms with van der Waals surface area (Å²) < 4.78 is 0. The zero-order valence-electron chi connectivity index (χ0n) is 8.83. The fraction of sp³-hybridized carbons (Fsp3) is 0.636. The Kier molecular flexibility index (Phi) is 8.26. The molecule has 0 aliphatic heterocycles. The molecular weight excluding hydrogens is 178 g/mol. The Labute approximate surface area is 86.9 Å². The van der Waals surface area contributed by atoms with Gasteiger partial charge in [0.15, 0.2) is 0 Å². The van der Waals surface area contributed by atoms with Gasteiger partial charge in [-0.25, -0.2) is 0 Å². The van der Waals surface area contributed by atoms with Gasteiger partial charge in [-0.1, -0.05) is 12.2 Å². The molecule has 0 saturated heterocycles. The first-order valence-electron chi connectivity index (χ1n) is 4.71. The molecule has 1 unspecified atom stereocenters. The largest absolute Gasteiger partial charge is 0.293 e.